The van der Waals surface area contributed by atoms with E-state index >= 15 is 0 Å². The first-order valence-electron chi connectivity index (χ1n) is 8.35. The number of thiazole rings is 1. The monoisotopic (exact) mass is 391 g/mol. The Morgan fingerprint density at radius 3 is 3.04 bits per heavy atom. The molecule has 11 heteroatoms. The number of benzene rings is 1. The highest BCUT2D eigenvalue weighted by molar-refractivity contribution is 7.16. The minimum Gasteiger partial charge on any atom is -0.368 e. The Morgan fingerprint density at radius 1 is 1.21 bits per heavy atom. The van der Waals surface area contributed by atoms with E-state index in [0.717, 1.165) is 21.3 Å². The lowest BCUT2D eigenvalue weighted by molar-refractivity contribution is -0.118. The van der Waals surface area contributed by atoms with E-state index in [4.69, 9.17) is 5.73 Å². The first-order chi connectivity index (χ1) is 13.7. The molecule has 2 N–H and O–H groups in total. The number of hydrogen-bond donors (Lipinski definition) is 1. The van der Waals surface area contributed by atoms with Crippen LogP contribution in [0.1, 0.15) is 5.56 Å². The molecule has 0 aliphatic carbocycles. The molecule has 1 amide bonds. The Labute approximate surface area is 161 Å². The number of amides is 1. The van der Waals surface area contributed by atoms with E-state index in [9.17, 15) is 4.79 Å². The zero-order valence-corrected chi connectivity index (χ0v) is 15.2. The Bertz CT molecular complexity index is 1320. The summed E-state index contributed by atoms with van der Waals surface area (Å²) in [5.74, 6) is -0.462. The van der Waals surface area contributed by atoms with Gasteiger partial charge in [-0.3, -0.25) is 9.48 Å². The number of rotatable bonds is 5. The lowest BCUT2D eigenvalue weighted by Gasteiger charge is -2.03. The summed E-state index contributed by atoms with van der Waals surface area (Å²) >= 11 is 1.60. The molecule has 138 valence electrons. The van der Waals surface area contributed by atoms with E-state index in [1.54, 1.807) is 34.6 Å². The Hall–Kier alpha value is -3.73. The first-order valence-corrected chi connectivity index (χ1v) is 9.23. The predicted molar refractivity (Wildman–Crippen MR) is 102 cm³/mol. The lowest BCUT2D eigenvalue weighted by atomic mass is 10.2. The lowest BCUT2D eigenvalue weighted by Crippen LogP contribution is -2.18. The number of aromatic nitrogens is 8. The molecule has 0 atom stereocenters. The minimum atomic E-state index is -0.462. The molecule has 0 unspecified atom stereocenters. The molecule has 10 nitrogen and oxygen atoms in total. The van der Waals surface area contributed by atoms with Crippen LogP contribution in [-0.4, -0.2) is 45.6 Å². The van der Waals surface area contributed by atoms with Crippen LogP contribution in [0.5, 0.6) is 0 Å². The molecule has 0 saturated heterocycles. The number of hydrogen-bond acceptors (Lipinski definition) is 8. The third-order valence-corrected chi connectivity index (χ3v) is 4.99. The van der Waals surface area contributed by atoms with Gasteiger partial charge in [-0.25, -0.2) is 19.6 Å². The summed E-state index contributed by atoms with van der Waals surface area (Å²) in [6.07, 6.45) is 4.92. The molecular formula is C17H13N9OS. The third kappa shape index (κ3) is 2.97. The van der Waals surface area contributed by atoms with Crippen molar-refractivity contribution in [3.8, 4) is 11.3 Å². The smallest absolute Gasteiger partial charge is 0.239 e. The second kappa shape index (κ2) is 6.46. The van der Waals surface area contributed by atoms with Crippen molar-refractivity contribution in [3.05, 3.63) is 47.9 Å². The van der Waals surface area contributed by atoms with Crippen molar-refractivity contribution < 1.29 is 4.79 Å². The summed E-state index contributed by atoms with van der Waals surface area (Å²) in [7, 11) is 0. The minimum absolute atomic E-state index is 0.00914. The van der Waals surface area contributed by atoms with Gasteiger partial charge in [0.05, 0.1) is 40.4 Å². The second-order valence-electron chi connectivity index (χ2n) is 6.20. The van der Waals surface area contributed by atoms with Crippen LogP contribution in [0.15, 0.2) is 42.3 Å². The largest absolute Gasteiger partial charge is 0.368 e. The van der Waals surface area contributed by atoms with Crippen molar-refractivity contribution in [2.45, 2.75) is 13.1 Å². The SMILES string of the molecule is NC(=O)Cn1cc(-c2cnc3nnn(Cc4ccc5ncsc5c4)c3n2)cn1. The van der Waals surface area contributed by atoms with E-state index in [1.807, 2.05) is 17.6 Å². The van der Waals surface area contributed by atoms with Gasteiger partial charge in [0, 0.05) is 11.8 Å². The number of fused-ring (bicyclic) bond motifs is 2. The van der Waals surface area contributed by atoms with E-state index < -0.39 is 5.91 Å². The molecule has 5 aromatic rings. The predicted octanol–water partition coefficient (Wildman–Crippen LogP) is 1.23. The fraction of sp³-hybridized carbons (Fsp3) is 0.118. The van der Waals surface area contributed by atoms with Crippen molar-refractivity contribution in [1.29, 1.82) is 0 Å². The molecule has 0 saturated carbocycles. The average molecular weight is 391 g/mol. The van der Waals surface area contributed by atoms with E-state index in [1.165, 1.54) is 4.68 Å². The summed E-state index contributed by atoms with van der Waals surface area (Å²) in [5.41, 5.74) is 11.5. The Kier molecular flexibility index (Phi) is 3.79. The van der Waals surface area contributed by atoms with Crippen molar-refractivity contribution in [3.63, 3.8) is 0 Å². The third-order valence-electron chi connectivity index (χ3n) is 4.20. The van der Waals surface area contributed by atoms with Crippen LogP contribution in [0.2, 0.25) is 0 Å². The van der Waals surface area contributed by atoms with Gasteiger partial charge in [-0.05, 0) is 17.7 Å². The molecule has 4 heterocycles. The van der Waals surface area contributed by atoms with E-state index in [0.29, 0.717) is 23.5 Å². The molecule has 0 aliphatic rings. The van der Waals surface area contributed by atoms with Crippen molar-refractivity contribution in [1.82, 2.24) is 39.7 Å². The summed E-state index contributed by atoms with van der Waals surface area (Å²) < 4.78 is 4.29. The molecule has 0 spiro atoms. The maximum absolute atomic E-state index is 11.0. The second-order valence-corrected chi connectivity index (χ2v) is 7.08. The van der Waals surface area contributed by atoms with Gasteiger partial charge in [-0.15, -0.1) is 16.4 Å². The van der Waals surface area contributed by atoms with E-state index in [2.05, 4.69) is 36.4 Å². The van der Waals surface area contributed by atoms with Gasteiger partial charge in [0.2, 0.25) is 11.6 Å². The van der Waals surface area contributed by atoms with Crippen LogP contribution in [0.4, 0.5) is 0 Å². The van der Waals surface area contributed by atoms with Crippen molar-refractivity contribution in [2.24, 2.45) is 5.73 Å². The van der Waals surface area contributed by atoms with E-state index in [-0.39, 0.29) is 6.54 Å². The van der Waals surface area contributed by atoms with Crippen molar-refractivity contribution in [2.75, 3.05) is 0 Å². The zero-order chi connectivity index (χ0) is 19.1. The molecule has 0 radical (unpaired) electrons. The first kappa shape index (κ1) is 16.4. The number of nitrogens with zero attached hydrogens (tertiary/aromatic N) is 8. The van der Waals surface area contributed by atoms with Gasteiger partial charge in [-0.1, -0.05) is 11.3 Å². The summed E-state index contributed by atoms with van der Waals surface area (Å²) in [4.78, 5) is 24.3. The molecule has 5 rings (SSSR count). The van der Waals surface area contributed by atoms with Gasteiger partial charge in [0.25, 0.3) is 0 Å². The maximum atomic E-state index is 11.0. The maximum Gasteiger partial charge on any atom is 0.239 e. The van der Waals surface area contributed by atoms with Gasteiger partial charge < -0.3 is 5.73 Å². The highest BCUT2D eigenvalue weighted by Crippen LogP contribution is 2.21. The average Bonchev–Trinajstić information content (AvgIpc) is 3.41. The van der Waals surface area contributed by atoms with Gasteiger partial charge in [-0.2, -0.15) is 5.10 Å². The van der Waals surface area contributed by atoms with Crippen LogP contribution in [0, 0.1) is 0 Å². The molecular weight excluding hydrogens is 378 g/mol. The molecule has 28 heavy (non-hydrogen) atoms. The molecule has 0 fully saturated rings. The summed E-state index contributed by atoms with van der Waals surface area (Å²) in [6, 6.07) is 6.09. The highest BCUT2D eigenvalue weighted by Gasteiger charge is 2.12. The fourth-order valence-electron chi connectivity index (χ4n) is 2.91. The molecule has 0 bridgehead atoms. The van der Waals surface area contributed by atoms with Gasteiger partial charge >= 0.3 is 0 Å². The van der Waals surface area contributed by atoms with Crippen LogP contribution in [0.3, 0.4) is 0 Å². The fourth-order valence-corrected chi connectivity index (χ4v) is 3.65. The highest BCUT2D eigenvalue weighted by atomic mass is 32.1. The summed E-state index contributed by atoms with van der Waals surface area (Å²) in [6.45, 7) is 0.526. The number of carbonyl (C=O) groups excluding carboxylic acids is 1. The zero-order valence-electron chi connectivity index (χ0n) is 14.4. The quantitative estimate of drug-likeness (QED) is 0.477. The molecule has 0 aliphatic heterocycles. The van der Waals surface area contributed by atoms with Crippen LogP contribution >= 0.6 is 11.3 Å². The topological polar surface area (TPSA) is 130 Å². The van der Waals surface area contributed by atoms with Crippen LogP contribution < -0.4 is 5.73 Å². The van der Waals surface area contributed by atoms with Gasteiger partial charge in [0.1, 0.15) is 6.54 Å². The summed E-state index contributed by atoms with van der Waals surface area (Å²) in [5, 5.41) is 12.4. The number of carbonyl (C=O) groups is 1. The van der Waals surface area contributed by atoms with Crippen LogP contribution in [-0.2, 0) is 17.9 Å². The molecule has 1 aromatic carbocycles. The Balaban J connectivity index is 1.49. The number of nitrogens with two attached hydrogens (primary N) is 1. The molecule has 4 aromatic heterocycles. The standard InChI is InChI=1S/C17H13N9OS/c18-15(27)8-25-7-11(4-21-25)13-5-19-16-17(22-13)26(24-23-16)6-10-1-2-12-14(3-10)28-9-20-12/h1-5,7,9H,6,8H2,(H2,18,27). The van der Waals surface area contributed by atoms with Gasteiger partial charge in [0.15, 0.2) is 5.65 Å². The number of primary amides is 1. The Morgan fingerprint density at radius 2 is 2.14 bits per heavy atom. The van der Waals surface area contributed by atoms with Crippen LogP contribution in [0.25, 0.3) is 32.8 Å². The normalized spacial score (nSPS) is 11.4. The van der Waals surface area contributed by atoms with Crippen molar-refractivity contribution >= 4 is 38.8 Å².